The molecular weight excluding hydrogens is 240 g/mol. The van der Waals surface area contributed by atoms with Crippen molar-refractivity contribution in [2.75, 3.05) is 0 Å². The van der Waals surface area contributed by atoms with Crippen molar-refractivity contribution in [1.29, 1.82) is 0 Å². The van der Waals surface area contributed by atoms with Gasteiger partial charge in [0, 0.05) is 0 Å². The summed E-state index contributed by atoms with van der Waals surface area (Å²) < 4.78 is 0. The average Bonchev–Trinajstić information content (AvgIpc) is 2.35. The predicted molar refractivity (Wildman–Crippen MR) is 63.9 cm³/mol. The van der Waals surface area contributed by atoms with Crippen LogP contribution in [0.2, 0.25) is 0 Å². The van der Waals surface area contributed by atoms with E-state index in [0.717, 1.165) is 5.56 Å². The van der Waals surface area contributed by atoms with E-state index in [1.807, 2.05) is 0 Å². The Morgan fingerprint density at radius 2 is 2.00 bits per heavy atom. The van der Waals surface area contributed by atoms with E-state index in [2.05, 4.69) is 4.98 Å². The van der Waals surface area contributed by atoms with Gasteiger partial charge in [-0.25, -0.2) is 0 Å². The highest BCUT2D eigenvalue weighted by molar-refractivity contribution is 5.81. The maximum Gasteiger partial charge on any atom is 0.364 e. The molecule has 0 fully saturated rings. The molecule has 1 aromatic carbocycles. The van der Waals surface area contributed by atoms with Crippen LogP contribution in [0.4, 0.5) is 5.69 Å². The highest BCUT2D eigenvalue weighted by atomic mass is 16.6. The van der Waals surface area contributed by atoms with E-state index >= 15 is 0 Å². The molecule has 18 heavy (non-hydrogen) atoms. The summed E-state index contributed by atoms with van der Waals surface area (Å²) in [5.41, 5.74) is -2.26. The summed E-state index contributed by atoms with van der Waals surface area (Å²) in [4.78, 5) is 35.3. The molecule has 0 unspecified atom stereocenters. The first kappa shape index (κ1) is 11.8. The zero-order chi connectivity index (χ0) is 13.4. The van der Waals surface area contributed by atoms with Crippen LogP contribution in [0.1, 0.15) is 5.56 Å². The molecular formula is C11H8N2O5. The third kappa shape index (κ3) is 1.71. The number of hydrogen-bond donors (Lipinski definition) is 2. The van der Waals surface area contributed by atoms with Crippen LogP contribution >= 0.6 is 0 Å². The number of fused-ring (bicyclic) bond motifs is 1. The SMILES string of the molecule is Cc1ccc2c(=O)c([N+](=O)[O-])c(O)c(=O)[nH]c2c1. The minimum absolute atomic E-state index is 0.0234. The highest BCUT2D eigenvalue weighted by Crippen LogP contribution is 2.18. The number of aromatic amines is 1. The second-order valence-electron chi connectivity index (χ2n) is 3.79. The highest BCUT2D eigenvalue weighted by Gasteiger charge is 2.22. The lowest BCUT2D eigenvalue weighted by molar-refractivity contribution is -0.386. The zero-order valence-corrected chi connectivity index (χ0v) is 9.26. The fourth-order valence-corrected chi connectivity index (χ4v) is 1.65. The molecule has 0 bridgehead atoms. The Balaban J connectivity index is 3.16. The van der Waals surface area contributed by atoms with Gasteiger partial charge in [-0.05, 0) is 24.6 Å². The van der Waals surface area contributed by atoms with Crippen LogP contribution in [0, 0.1) is 17.0 Å². The number of benzene rings is 1. The fourth-order valence-electron chi connectivity index (χ4n) is 1.65. The van der Waals surface area contributed by atoms with Crippen LogP contribution in [0.25, 0.3) is 10.9 Å². The summed E-state index contributed by atoms with van der Waals surface area (Å²) in [6.07, 6.45) is 0. The molecule has 0 spiro atoms. The van der Waals surface area contributed by atoms with Crippen molar-refractivity contribution in [2.24, 2.45) is 0 Å². The summed E-state index contributed by atoms with van der Waals surface area (Å²) in [5, 5.41) is 20.1. The lowest BCUT2D eigenvalue weighted by Gasteiger charge is -1.93. The minimum atomic E-state index is -1.18. The van der Waals surface area contributed by atoms with Crippen LogP contribution in [0.3, 0.4) is 0 Å². The standard InChI is InChI=1S/C11H8N2O5/c1-5-2-3-6-7(4-5)12-11(16)10(15)8(9(6)14)13(17)18/h2-4,15H,1H3,(H,12,16). The predicted octanol–water partition coefficient (Wildman–Crippen LogP) is 0.811. The minimum Gasteiger partial charge on any atom is -0.498 e. The van der Waals surface area contributed by atoms with Gasteiger partial charge in [-0.1, -0.05) is 6.07 Å². The first-order chi connectivity index (χ1) is 8.41. The lowest BCUT2D eigenvalue weighted by atomic mass is 10.1. The summed E-state index contributed by atoms with van der Waals surface area (Å²) in [5.74, 6) is -1.18. The van der Waals surface area contributed by atoms with Gasteiger partial charge in [-0.2, -0.15) is 0 Å². The van der Waals surface area contributed by atoms with Gasteiger partial charge >= 0.3 is 5.69 Å². The van der Waals surface area contributed by atoms with Crippen LogP contribution in [-0.4, -0.2) is 15.0 Å². The number of aromatic nitrogens is 1. The van der Waals surface area contributed by atoms with Gasteiger partial charge in [-0.15, -0.1) is 0 Å². The van der Waals surface area contributed by atoms with Crippen LogP contribution in [-0.2, 0) is 0 Å². The van der Waals surface area contributed by atoms with Crippen molar-refractivity contribution in [3.05, 3.63) is 54.5 Å². The van der Waals surface area contributed by atoms with Crippen molar-refractivity contribution < 1.29 is 10.0 Å². The Morgan fingerprint density at radius 1 is 1.33 bits per heavy atom. The first-order valence-electron chi connectivity index (χ1n) is 4.96. The maximum absolute atomic E-state index is 11.9. The van der Waals surface area contributed by atoms with E-state index in [4.69, 9.17) is 0 Å². The Morgan fingerprint density at radius 3 is 2.61 bits per heavy atom. The van der Waals surface area contributed by atoms with Gasteiger partial charge in [-0.3, -0.25) is 19.7 Å². The van der Waals surface area contributed by atoms with Gasteiger partial charge in [0.05, 0.1) is 15.8 Å². The van der Waals surface area contributed by atoms with E-state index in [1.165, 1.54) is 12.1 Å². The molecule has 2 aromatic rings. The molecule has 0 amide bonds. The summed E-state index contributed by atoms with van der Waals surface area (Å²) >= 11 is 0. The van der Waals surface area contributed by atoms with Gasteiger partial charge < -0.3 is 10.1 Å². The zero-order valence-electron chi connectivity index (χ0n) is 9.26. The Bertz CT molecular complexity index is 779. The number of aromatic hydroxyl groups is 1. The molecule has 0 aliphatic carbocycles. The van der Waals surface area contributed by atoms with Gasteiger partial charge in [0.1, 0.15) is 0 Å². The molecule has 0 aliphatic rings. The monoisotopic (exact) mass is 248 g/mol. The summed E-state index contributed by atoms with van der Waals surface area (Å²) in [6, 6.07) is 4.46. The van der Waals surface area contributed by atoms with Crippen LogP contribution in [0.5, 0.6) is 5.75 Å². The normalized spacial score (nSPS) is 10.5. The van der Waals surface area contributed by atoms with Crippen molar-refractivity contribution in [3.8, 4) is 5.75 Å². The number of nitrogens with one attached hydrogen (secondary N) is 1. The fraction of sp³-hybridized carbons (Fsp3) is 0.0909. The van der Waals surface area contributed by atoms with E-state index < -0.39 is 27.3 Å². The Hall–Kier alpha value is -2.70. The Labute approximate surface area is 99.5 Å². The molecule has 0 radical (unpaired) electrons. The Kier molecular flexibility index (Phi) is 2.59. The van der Waals surface area contributed by atoms with Crippen LogP contribution < -0.4 is 11.0 Å². The number of nitro groups is 1. The van der Waals surface area contributed by atoms with E-state index in [-0.39, 0.29) is 10.9 Å². The van der Waals surface area contributed by atoms with Gasteiger partial charge in [0.25, 0.3) is 16.7 Å². The molecule has 92 valence electrons. The van der Waals surface area contributed by atoms with Crippen molar-refractivity contribution in [2.45, 2.75) is 6.92 Å². The van der Waals surface area contributed by atoms with E-state index in [9.17, 15) is 24.8 Å². The smallest absolute Gasteiger partial charge is 0.364 e. The molecule has 2 rings (SSSR count). The number of rotatable bonds is 1. The maximum atomic E-state index is 11.9. The molecule has 2 N–H and O–H groups in total. The molecule has 7 heteroatoms. The van der Waals surface area contributed by atoms with Gasteiger partial charge in [0.15, 0.2) is 0 Å². The average molecular weight is 248 g/mol. The van der Waals surface area contributed by atoms with E-state index in [0.29, 0.717) is 0 Å². The lowest BCUT2D eigenvalue weighted by Crippen LogP contribution is -2.08. The topological polar surface area (TPSA) is 113 Å². The van der Waals surface area contributed by atoms with Crippen LogP contribution in [0.15, 0.2) is 27.8 Å². The third-order valence-corrected chi connectivity index (χ3v) is 2.50. The molecule has 1 aromatic heterocycles. The van der Waals surface area contributed by atoms with Crippen molar-refractivity contribution in [3.63, 3.8) is 0 Å². The van der Waals surface area contributed by atoms with Crippen molar-refractivity contribution >= 4 is 16.6 Å². The summed E-state index contributed by atoms with van der Waals surface area (Å²) in [6.45, 7) is 1.74. The quantitative estimate of drug-likeness (QED) is 0.572. The van der Waals surface area contributed by atoms with Crippen molar-refractivity contribution in [1.82, 2.24) is 4.98 Å². The molecule has 1 heterocycles. The number of hydrogen-bond acceptors (Lipinski definition) is 5. The second-order valence-corrected chi connectivity index (χ2v) is 3.79. The molecule has 0 aliphatic heterocycles. The van der Waals surface area contributed by atoms with E-state index in [1.54, 1.807) is 13.0 Å². The number of H-pyrrole nitrogens is 1. The first-order valence-corrected chi connectivity index (χ1v) is 4.96. The second kappa shape index (κ2) is 3.95. The number of nitrogens with zero attached hydrogens (tertiary/aromatic N) is 1. The number of aryl methyl sites for hydroxylation is 1. The molecule has 0 saturated heterocycles. The van der Waals surface area contributed by atoms with Gasteiger partial charge in [0.2, 0.25) is 0 Å². The molecule has 0 saturated carbocycles. The summed E-state index contributed by atoms with van der Waals surface area (Å²) in [7, 11) is 0. The largest absolute Gasteiger partial charge is 0.498 e. The molecule has 0 atom stereocenters. The third-order valence-electron chi connectivity index (χ3n) is 2.50. The molecule has 7 nitrogen and oxygen atoms in total.